The van der Waals surface area contributed by atoms with Gasteiger partial charge in [-0.2, -0.15) is 0 Å². The Morgan fingerprint density at radius 3 is 2.61 bits per heavy atom. The lowest BCUT2D eigenvalue weighted by Gasteiger charge is -2.13. The predicted molar refractivity (Wildman–Crippen MR) is 118 cm³/mol. The zero-order chi connectivity index (χ0) is 19.7. The number of aromatic nitrogens is 2. The van der Waals surface area contributed by atoms with E-state index in [2.05, 4.69) is 38.9 Å². The number of aryl methyl sites for hydroxylation is 2. The lowest BCUT2D eigenvalue weighted by molar-refractivity contribution is 0.340. The van der Waals surface area contributed by atoms with Crippen LogP contribution in [0.4, 0.5) is 11.5 Å². The minimum atomic E-state index is 0.652. The van der Waals surface area contributed by atoms with Gasteiger partial charge in [-0.25, -0.2) is 9.97 Å². The second kappa shape index (κ2) is 7.78. The largest absolute Gasteiger partial charge is 0.494 e. The molecular weight excluding hydrogens is 390 g/mol. The van der Waals surface area contributed by atoms with Gasteiger partial charge in [0.1, 0.15) is 22.7 Å². The molecule has 0 unspecified atom stereocenters. The molecule has 0 aliphatic rings. The molecule has 142 valence electrons. The minimum absolute atomic E-state index is 0.652. The van der Waals surface area contributed by atoms with Crippen molar-refractivity contribution in [3.05, 3.63) is 64.3 Å². The van der Waals surface area contributed by atoms with E-state index in [4.69, 9.17) is 16.3 Å². The number of anilines is 2. The summed E-state index contributed by atoms with van der Waals surface area (Å²) in [7, 11) is 0. The fourth-order valence-electron chi connectivity index (χ4n) is 3.27. The van der Waals surface area contributed by atoms with E-state index < -0.39 is 0 Å². The topological polar surface area (TPSA) is 47.0 Å². The molecule has 4 aromatic rings. The van der Waals surface area contributed by atoms with Gasteiger partial charge in [0, 0.05) is 10.9 Å². The van der Waals surface area contributed by atoms with Gasteiger partial charge in [-0.15, -0.1) is 11.3 Å². The maximum Gasteiger partial charge on any atom is 0.143 e. The van der Waals surface area contributed by atoms with Crippen molar-refractivity contribution in [2.75, 3.05) is 11.9 Å². The number of fused-ring (bicyclic) bond motifs is 1. The molecule has 2 aromatic carbocycles. The number of thiophene rings is 1. The Morgan fingerprint density at radius 2 is 1.89 bits per heavy atom. The van der Waals surface area contributed by atoms with Crippen molar-refractivity contribution in [3.63, 3.8) is 0 Å². The first kappa shape index (κ1) is 18.7. The van der Waals surface area contributed by atoms with Gasteiger partial charge in [-0.3, -0.25) is 0 Å². The van der Waals surface area contributed by atoms with Crippen LogP contribution in [-0.2, 0) is 0 Å². The first-order valence-corrected chi connectivity index (χ1v) is 10.3. The van der Waals surface area contributed by atoms with Crippen LogP contribution in [0.5, 0.6) is 5.75 Å². The highest BCUT2D eigenvalue weighted by atomic mass is 35.5. The summed E-state index contributed by atoms with van der Waals surface area (Å²) in [5.74, 6) is 1.62. The van der Waals surface area contributed by atoms with Gasteiger partial charge in [0.15, 0.2) is 0 Å². The average molecular weight is 410 g/mol. The molecule has 0 bridgehead atoms. The van der Waals surface area contributed by atoms with Gasteiger partial charge >= 0.3 is 0 Å². The van der Waals surface area contributed by atoms with Crippen molar-refractivity contribution in [1.29, 1.82) is 0 Å². The monoisotopic (exact) mass is 409 g/mol. The Hall–Kier alpha value is -2.63. The van der Waals surface area contributed by atoms with Crippen molar-refractivity contribution in [2.24, 2.45) is 0 Å². The van der Waals surface area contributed by atoms with Gasteiger partial charge in [-0.1, -0.05) is 29.8 Å². The molecule has 0 atom stereocenters. The zero-order valence-corrected chi connectivity index (χ0v) is 17.5. The molecule has 0 saturated carbocycles. The summed E-state index contributed by atoms with van der Waals surface area (Å²) >= 11 is 8.10. The van der Waals surface area contributed by atoms with E-state index in [1.807, 2.05) is 39.0 Å². The molecular formula is C22H20ClN3OS. The quantitative estimate of drug-likeness (QED) is 0.395. The summed E-state index contributed by atoms with van der Waals surface area (Å²) in [6.45, 7) is 6.71. The molecule has 2 aromatic heterocycles. The van der Waals surface area contributed by atoms with E-state index in [-0.39, 0.29) is 0 Å². The SMILES string of the molecule is CCOc1ccc(-c2csc3ncnc(Nc4c(C)cc(C)cc4Cl)c23)cc1. The van der Waals surface area contributed by atoms with Gasteiger partial charge in [-0.05, 0) is 55.7 Å². The molecule has 28 heavy (non-hydrogen) atoms. The molecule has 0 fully saturated rings. The lowest BCUT2D eigenvalue weighted by Crippen LogP contribution is -1.99. The smallest absolute Gasteiger partial charge is 0.143 e. The van der Waals surface area contributed by atoms with Crippen LogP contribution >= 0.6 is 22.9 Å². The maximum absolute atomic E-state index is 6.50. The molecule has 4 nitrogen and oxygen atoms in total. The standard InChI is InChI=1S/C22H20ClN3OS/c1-4-27-16-7-5-15(6-8-16)17-11-28-22-19(17)21(24-12-25-22)26-20-14(3)9-13(2)10-18(20)23/h5-12H,4H2,1-3H3,(H,24,25,26). The molecule has 4 rings (SSSR count). The van der Waals surface area contributed by atoms with Crippen molar-refractivity contribution in [2.45, 2.75) is 20.8 Å². The number of hydrogen-bond acceptors (Lipinski definition) is 5. The molecule has 6 heteroatoms. The fraction of sp³-hybridized carbons (Fsp3) is 0.182. The molecule has 0 aliphatic heterocycles. The van der Waals surface area contributed by atoms with Gasteiger partial charge in [0.05, 0.1) is 22.7 Å². The molecule has 0 spiro atoms. The van der Waals surface area contributed by atoms with Crippen molar-refractivity contribution < 1.29 is 4.74 Å². The highest BCUT2D eigenvalue weighted by molar-refractivity contribution is 7.17. The number of halogens is 1. The van der Waals surface area contributed by atoms with E-state index in [9.17, 15) is 0 Å². The van der Waals surface area contributed by atoms with Crippen molar-refractivity contribution >= 4 is 44.7 Å². The predicted octanol–water partition coefficient (Wildman–Crippen LogP) is 6.77. The van der Waals surface area contributed by atoms with Crippen LogP contribution in [0.2, 0.25) is 5.02 Å². The Labute approximate surface area is 173 Å². The van der Waals surface area contributed by atoms with Gasteiger partial charge in [0.2, 0.25) is 0 Å². The third kappa shape index (κ3) is 3.55. The number of benzene rings is 2. The van der Waals surface area contributed by atoms with Crippen LogP contribution in [-0.4, -0.2) is 16.6 Å². The second-order valence-corrected chi connectivity index (χ2v) is 7.84. The fourth-order valence-corrected chi connectivity index (χ4v) is 4.56. The summed E-state index contributed by atoms with van der Waals surface area (Å²) in [5.41, 5.74) is 5.27. The van der Waals surface area contributed by atoms with Gasteiger partial charge in [0.25, 0.3) is 0 Å². The maximum atomic E-state index is 6.50. The first-order chi connectivity index (χ1) is 13.6. The van der Waals surface area contributed by atoms with Crippen LogP contribution in [0.25, 0.3) is 21.3 Å². The lowest BCUT2D eigenvalue weighted by atomic mass is 10.1. The van der Waals surface area contributed by atoms with Crippen molar-refractivity contribution in [3.8, 4) is 16.9 Å². The zero-order valence-electron chi connectivity index (χ0n) is 15.9. The molecule has 0 radical (unpaired) electrons. The Bertz CT molecular complexity index is 1120. The minimum Gasteiger partial charge on any atom is -0.494 e. The average Bonchev–Trinajstić information content (AvgIpc) is 3.10. The van der Waals surface area contributed by atoms with Crippen LogP contribution in [0, 0.1) is 13.8 Å². The number of hydrogen-bond donors (Lipinski definition) is 1. The van der Waals surface area contributed by atoms with E-state index in [0.29, 0.717) is 11.6 Å². The summed E-state index contributed by atoms with van der Waals surface area (Å²) in [4.78, 5) is 9.89. The third-order valence-corrected chi connectivity index (χ3v) is 5.71. The van der Waals surface area contributed by atoms with Crippen LogP contribution < -0.4 is 10.1 Å². The number of ether oxygens (including phenoxy) is 1. The molecule has 1 N–H and O–H groups in total. The highest BCUT2D eigenvalue weighted by Crippen LogP contribution is 2.39. The molecule has 0 aliphatic carbocycles. The summed E-state index contributed by atoms with van der Waals surface area (Å²) in [5, 5.41) is 7.23. The van der Waals surface area contributed by atoms with E-state index in [1.54, 1.807) is 17.7 Å². The van der Waals surface area contributed by atoms with Crippen LogP contribution in [0.15, 0.2) is 48.1 Å². The number of nitrogens with one attached hydrogen (secondary N) is 1. The Morgan fingerprint density at radius 1 is 1.11 bits per heavy atom. The normalized spacial score (nSPS) is 11.0. The third-order valence-electron chi connectivity index (χ3n) is 4.52. The van der Waals surface area contributed by atoms with Crippen LogP contribution in [0.3, 0.4) is 0 Å². The first-order valence-electron chi connectivity index (χ1n) is 9.06. The molecule has 2 heterocycles. The summed E-state index contributed by atoms with van der Waals surface area (Å²) in [6.07, 6.45) is 1.58. The Balaban J connectivity index is 1.79. The number of nitrogens with zero attached hydrogens (tertiary/aromatic N) is 2. The van der Waals surface area contributed by atoms with E-state index in [1.165, 1.54) is 0 Å². The molecule has 0 amide bonds. The highest BCUT2D eigenvalue weighted by Gasteiger charge is 2.15. The van der Waals surface area contributed by atoms with Gasteiger partial charge < -0.3 is 10.1 Å². The van der Waals surface area contributed by atoms with Crippen LogP contribution in [0.1, 0.15) is 18.1 Å². The Kier molecular flexibility index (Phi) is 5.20. The van der Waals surface area contributed by atoms with E-state index >= 15 is 0 Å². The number of rotatable bonds is 5. The summed E-state index contributed by atoms with van der Waals surface area (Å²) in [6, 6.07) is 12.2. The second-order valence-electron chi connectivity index (χ2n) is 6.57. The van der Waals surface area contributed by atoms with E-state index in [0.717, 1.165) is 49.7 Å². The van der Waals surface area contributed by atoms with Crippen molar-refractivity contribution in [1.82, 2.24) is 9.97 Å². The molecule has 0 saturated heterocycles. The summed E-state index contributed by atoms with van der Waals surface area (Å²) < 4.78 is 5.56.